The Bertz CT molecular complexity index is 277. The van der Waals surface area contributed by atoms with Crippen LogP contribution in [0.4, 0.5) is 5.69 Å². The molecule has 1 heteroatoms. The van der Waals surface area contributed by atoms with Gasteiger partial charge in [-0.15, -0.1) is 0 Å². The van der Waals surface area contributed by atoms with Crippen LogP contribution in [0.1, 0.15) is 31.7 Å². The minimum atomic E-state index is 0.686. The average Bonchev–Trinajstić information content (AvgIpc) is 2.41. The van der Waals surface area contributed by atoms with E-state index in [1.165, 1.54) is 17.7 Å². The van der Waals surface area contributed by atoms with Crippen LogP contribution >= 0.6 is 0 Å². The molecule has 2 atom stereocenters. The van der Waals surface area contributed by atoms with Gasteiger partial charge in [-0.1, -0.05) is 32.0 Å². The number of hydrogen-bond acceptors (Lipinski definition) is 1. The molecule has 1 aliphatic rings. The van der Waals surface area contributed by atoms with Crippen LogP contribution in [0.5, 0.6) is 0 Å². The second-order valence-corrected chi connectivity index (χ2v) is 3.93. The maximum absolute atomic E-state index is 2.42. The fraction of sp³-hybridized carbons (Fsp3) is 0.500. The molecular weight excluding hydrogens is 158 g/mol. The van der Waals surface area contributed by atoms with E-state index in [1.807, 2.05) is 0 Å². The summed E-state index contributed by atoms with van der Waals surface area (Å²) in [6.45, 7) is 4.60. The Morgan fingerprint density at radius 3 is 2.62 bits per heavy atom. The number of para-hydroxylation sites is 1. The van der Waals surface area contributed by atoms with Gasteiger partial charge in [-0.3, -0.25) is 0 Å². The highest BCUT2D eigenvalue weighted by molar-refractivity contribution is 5.60. The van der Waals surface area contributed by atoms with Gasteiger partial charge in [0, 0.05) is 24.7 Å². The van der Waals surface area contributed by atoms with Gasteiger partial charge in [0.1, 0.15) is 0 Å². The predicted octanol–water partition coefficient (Wildman–Crippen LogP) is 3.02. The summed E-state index contributed by atoms with van der Waals surface area (Å²) >= 11 is 0. The van der Waals surface area contributed by atoms with Crippen molar-refractivity contribution in [1.29, 1.82) is 0 Å². The number of benzene rings is 1. The summed E-state index contributed by atoms with van der Waals surface area (Å²) < 4.78 is 0. The lowest BCUT2D eigenvalue weighted by atomic mass is 9.96. The van der Waals surface area contributed by atoms with Crippen molar-refractivity contribution in [2.45, 2.75) is 32.2 Å². The summed E-state index contributed by atoms with van der Waals surface area (Å²) in [6.07, 6.45) is 1.23. The molecular formula is C12H17N. The molecule has 1 heterocycles. The van der Waals surface area contributed by atoms with Gasteiger partial charge in [0.15, 0.2) is 0 Å². The molecule has 0 N–H and O–H groups in total. The Labute approximate surface area is 80.4 Å². The van der Waals surface area contributed by atoms with Crippen LogP contribution in [0, 0.1) is 0 Å². The first-order valence-corrected chi connectivity index (χ1v) is 5.07. The van der Waals surface area contributed by atoms with Crippen molar-refractivity contribution in [3.05, 3.63) is 29.8 Å². The predicted molar refractivity (Wildman–Crippen MR) is 57.3 cm³/mol. The summed E-state index contributed by atoms with van der Waals surface area (Å²) in [5.74, 6) is 0.686. The molecule has 1 aromatic carbocycles. The first-order valence-electron chi connectivity index (χ1n) is 5.07. The lowest BCUT2D eigenvalue weighted by Gasteiger charge is -2.23. The minimum absolute atomic E-state index is 0.686. The maximum atomic E-state index is 2.42. The molecule has 0 saturated carbocycles. The zero-order valence-corrected chi connectivity index (χ0v) is 8.62. The van der Waals surface area contributed by atoms with Gasteiger partial charge in [0.2, 0.25) is 0 Å². The maximum Gasteiger partial charge on any atom is 0.0402 e. The number of nitrogens with zero attached hydrogens (tertiary/aromatic N) is 1. The van der Waals surface area contributed by atoms with Crippen molar-refractivity contribution in [3.8, 4) is 0 Å². The van der Waals surface area contributed by atoms with E-state index in [1.54, 1.807) is 0 Å². The quantitative estimate of drug-likeness (QED) is 0.634. The van der Waals surface area contributed by atoms with Crippen LogP contribution in [-0.2, 0) is 0 Å². The molecule has 1 nitrogen and oxygen atoms in total. The molecule has 0 unspecified atom stereocenters. The second kappa shape index (κ2) is 3.06. The van der Waals surface area contributed by atoms with Crippen molar-refractivity contribution in [1.82, 2.24) is 0 Å². The molecule has 0 saturated heterocycles. The number of rotatable bonds is 1. The Morgan fingerprint density at radius 1 is 1.31 bits per heavy atom. The second-order valence-electron chi connectivity index (χ2n) is 3.93. The monoisotopic (exact) mass is 175 g/mol. The van der Waals surface area contributed by atoms with Crippen LogP contribution in [0.25, 0.3) is 0 Å². The molecule has 0 aromatic heterocycles. The molecule has 0 amide bonds. The third-order valence-corrected chi connectivity index (χ3v) is 3.30. The van der Waals surface area contributed by atoms with Crippen molar-refractivity contribution in [2.75, 3.05) is 11.9 Å². The topological polar surface area (TPSA) is 3.24 Å². The van der Waals surface area contributed by atoms with Crippen molar-refractivity contribution in [3.63, 3.8) is 0 Å². The first kappa shape index (κ1) is 8.61. The van der Waals surface area contributed by atoms with Crippen molar-refractivity contribution in [2.24, 2.45) is 0 Å². The standard InChI is InChI=1S/C12H17N/c1-4-11-9(2)10-7-5-6-8-12(10)13(11)3/h5-9,11H,4H2,1-3H3/t9-,11-/m0/s1. The molecule has 2 rings (SSSR count). The Hall–Kier alpha value is -0.980. The molecule has 0 fully saturated rings. The van der Waals surface area contributed by atoms with E-state index in [0.29, 0.717) is 12.0 Å². The third kappa shape index (κ3) is 1.14. The molecule has 13 heavy (non-hydrogen) atoms. The van der Waals surface area contributed by atoms with E-state index >= 15 is 0 Å². The summed E-state index contributed by atoms with van der Waals surface area (Å²) in [4.78, 5) is 2.42. The molecule has 1 aliphatic heterocycles. The van der Waals surface area contributed by atoms with Gasteiger partial charge in [-0.2, -0.15) is 0 Å². The van der Waals surface area contributed by atoms with Gasteiger partial charge < -0.3 is 4.90 Å². The third-order valence-electron chi connectivity index (χ3n) is 3.30. The van der Waals surface area contributed by atoms with Crippen molar-refractivity contribution >= 4 is 5.69 Å². The number of fused-ring (bicyclic) bond motifs is 1. The molecule has 70 valence electrons. The van der Waals surface area contributed by atoms with Gasteiger partial charge in [-0.25, -0.2) is 0 Å². The van der Waals surface area contributed by atoms with Gasteiger partial charge in [0.05, 0.1) is 0 Å². The van der Waals surface area contributed by atoms with Crippen LogP contribution in [-0.4, -0.2) is 13.1 Å². The Balaban J connectivity index is 2.44. The fourth-order valence-corrected chi connectivity index (χ4v) is 2.54. The van der Waals surface area contributed by atoms with E-state index in [0.717, 1.165) is 0 Å². The minimum Gasteiger partial charge on any atom is -0.371 e. The highest BCUT2D eigenvalue weighted by atomic mass is 15.2. The highest BCUT2D eigenvalue weighted by Crippen LogP contribution is 2.40. The van der Waals surface area contributed by atoms with Gasteiger partial charge in [0.25, 0.3) is 0 Å². The highest BCUT2D eigenvalue weighted by Gasteiger charge is 2.31. The molecule has 0 bridgehead atoms. The number of likely N-dealkylation sites (N-methyl/N-ethyl adjacent to an activating group) is 1. The van der Waals surface area contributed by atoms with E-state index in [-0.39, 0.29) is 0 Å². The Morgan fingerprint density at radius 2 is 2.00 bits per heavy atom. The molecule has 0 aliphatic carbocycles. The number of hydrogen-bond donors (Lipinski definition) is 0. The summed E-state index contributed by atoms with van der Waals surface area (Å²) in [5, 5.41) is 0. The van der Waals surface area contributed by atoms with Crippen LogP contribution in [0.15, 0.2) is 24.3 Å². The molecule has 0 radical (unpaired) electrons. The summed E-state index contributed by atoms with van der Waals surface area (Å²) in [5.41, 5.74) is 2.93. The smallest absolute Gasteiger partial charge is 0.0402 e. The van der Waals surface area contributed by atoms with Crippen LogP contribution < -0.4 is 4.90 Å². The van der Waals surface area contributed by atoms with Crippen LogP contribution in [0.3, 0.4) is 0 Å². The normalized spacial score (nSPS) is 26.2. The van der Waals surface area contributed by atoms with Gasteiger partial charge in [-0.05, 0) is 18.1 Å². The fourth-order valence-electron chi connectivity index (χ4n) is 2.54. The summed E-state index contributed by atoms with van der Waals surface area (Å²) in [6, 6.07) is 9.44. The van der Waals surface area contributed by atoms with Gasteiger partial charge >= 0.3 is 0 Å². The van der Waals surface area contributed by atoms with Crippen molar-refractivity contribution < 1.29 is 0 Å². The molecule has 1 aromatic rings. The molecule has 0 spiro atoms. The lowest BCUT2D eigenvalue weighted by molar-refractivity contribution is 0.561. The van der Waals surface area contributed by atoms with E-state index in [2.05, 4.69) is 50.1 Å². The van der Waals surface area contributed by atoms with E-state index in [9.17, 15) is 0 Å². The average molecular weight is 175 g/mol. The SMILES string of the molecule is CC[C@H]1[C@@H](C)c2ccccc2N1C. The van der Waals surface area contributed by atoms with E-state index in [4.69, 9.17) is 0 Å². The largest absolute Gasteiger partial charge is 0.371 e. The number of anilines is 1. The van der Waals surface area contributed by atoms with Crippen LogP contribution in [0.2, 0.25) is 0 Å². The summed E-state index contributed by atoms with van der Waals surface area (Å²) in [7, 11) is 2.20. The zero-order valence-electron chi connectivity index (χ0n) is 8.62. The first-order chi connectivity index (χ1) is 6.25. The van der Waals surface area contributed by atoms with E-state index < -0.39 is 0 Å². The lowest BCUT2D eigenvalue weighted by Crippen LogP contribution is -2.28. The zero-order chi connectivity index (χ0) is 9.42. The Kier molecular flexibility index (Phi) is 2.03.